The fraction of sp³-hybridized carbons (Fsp3) is 0.130. The van der Waals surface area contributed by atoms with Crippen molar-refractivity contribution in [2.45, 2.75) is 6.54 Å². The summed E-state index contributed by atoms with van der Waals surface area (Å²) in [6, 6.07) is 17.2. The minimum absolute atomic E-state index is 0.373. The molecule has 0 fully saturated rings. The van der Waals surface area contributed by atoms with Gasteiger partial charge < -0.3 is 15.8 Å². The SMILES string of the molecule is C=C(C=O)CNCCn1nc(-c2ccc(Oc3ccccc3)cc2)c2c(N)ncnc21. The lowest BCUT2D eigenvalue weighted by atomic mass is 10.1. The number of nitrogens with zero attached hydrogens (tertiary/aromatic N) is 4. The predicted octanol–water partition coefficient (Wildman–Crippen LogP) is 3.21. The van der Waals surface area contributed by atoms with Gasteiger partial charge in [-0.15, -0.1) is 0 Å². The van der Waals surface area contributed by atoms with Gasteiger partial charge in [-0.2, -0.15) is 5.10 Å². The van der Waals surface area contributed by atoms with Crippen molar-refractivity contribution in [3.8, 4) is 22.8 Å². The molecule has 4 aromatic rings. The molecule has 0 saturated heterocycles. The molecular weight excluding hydrogens is 392 g/mol. The summed E-state index contributed by atoms with van der Waals surface area (Å²) in [7, 11) is 0. The van der Waals surface area contributed by atoms with Crippen LogP contribution in [0.15, 0.2) is 73.1 Å². The van der Waals surface area contributed by atoms with Crippen molar-refractivity contribution in [3.63, 3.8) is 0 Å². The summed E-state index contributed by atoms with van der Waals surface area (Å²) in [6.07, 6.45) is 2.17. The minimum Gasteiger partial charge on any atom is -0.457 e. The molecule has 2 heterocycles. The standard InChI is InChI=1S/C23H22N6O2/c1-16(14-30)13-25-11-12-29-23-20(22(24)26-15-27-23)21(28-29)17-7-9-19(10-8-17)31-18-5-3-2-4-6-18/h2-10,14-15,25H,1,11-13H2,(H2,24,26,27). The van der Waals surface area contributed by atoms with Crippen LogP contribution in [0, 0.1) is 0 Å². The van der Waals surface area contributed by atoms with E-state index in [0.717, 1.165) is 23.3 Å². The van der Waals surface area contributed by atoms with Gasteiger partial charge in [0.15, 0.2) is 5.65 Å². The monoisotopic (exact) mass is 414 g/mol. The van der Waals surface area contributed by atoms with E-state index in [-0.39, 0.29) is 0 Å². The Kier molecular flexibility index (Phi) is 6.00. The largest absolute Gasteiger partial charge is 0.457 e. The zero-order chi connectivity index (χ0) is 21.6. The molecule has 0 atom stereocenters. The van der Waals surface area contributed by atoms with Crippen molar-refractivity contribution in [1.82, 2.24) is 25.1 Å². The number of fused-ring (bicyclic) bond motifs is 1. The average molecular weight is 414 g/mol. The number of aromatic nitrogens is 4. The smallest absolute Gasteiger partial charge is 0.164 e. The highest BCUT2D eigenvalue weighted by Crippen LogP contribution is 2.31. The molecule has 0 bridgehead atoms. The number of nitrogen functional groups attached to an aromatic ring is 1. The summed E-state index contributed by atoms with van der Waals surface area (Å²) in [5, 5.41) is 8.60. The molecule has 4 rings (SSSR count). The third-order valence-corrected chi connectivity index (χ3v) is 4.68. The highest BCUT2D eigenvalue weighted by Gasteiger charge is 2.17. The van der Waals surface area contributed by atoms with Crippen molar-refractivity contribution < 1.29 is 9.53 Å². The number of benzene rings is 2. The summed E-state index contributed by atoms with van der Waals surface area (Å²) in [6.45, 7) is 5.23. The average Bonchev–Trinajstić information content (AvgIpc) is 3.18. The van der Waals surface area contributed by atoms with Gasteiger partial charge in [0.1, 0.15) is 35.6 Å². The molecular formula is C23H22N6O2. The number of aldehydes is 1. The number of ether oxygens (including phenoxy) is 1. The first-order chi connectivity index (χ1) is 15.2. The molecule has 0 aliphatic heterocycles. The van der Waals surface area contributed by atoms with Gasteiger partial charge in [-0.3, -0.25) is 4.79 Å². The molecule has 31 heavy (non-hydrogen) atoms. The number of para-hydroxylation sites is 1. The van der Waals surface area contributed by atoms with E-state index in [0.29, 0.717) is 47.8 Å². The molecule has 0 radical (unpaired) electrons. The Balaban J connectivity index is 1.58. The summed E-state index contributed by atoms with van der Waals surface area (Å²) in [5.41, 5.74) is 8.90. The maximum absolute atomic E-state index is 10.7. The molecule has 3 N–H and O–H groups in total. The third-order valence-electron chi connectivity index (χ3n) is 4.68. The van der Waals surface area contributed by atoms with Crippen molar-refractivity contribution in [1.29, 1.82) is 0 Å². The van der Waals surface area contributed by atoms with E-state index in [1.165, 1.54) is 6.33 Å². The number of carbonyl (C=O) groups excluding carboxylic acids is 1. The Labute approximate surface area is 179 Å². The van der Waals surface area contributed by atoms with Crippen molar-refractivity contribution in [3.05, 3.63) is 73.1 Å². The highest BCUT2D eigenvalue weighted by molar-refractivity contribution is 5.98. The Hall–Kier alpha value is -4.04. The summed E-state index contributed by atoms with van der Waals surface area (Å²) in [4.78, 5) is 19.2. The molecule has 0 spiro atoms. The van der Waals surface area contributed by atoms with Crippen LogP contribution in [-0.4, -0.2) is 39.1 Å². The van der Waals surface area contributed by atoms with Gasteiger partial charge in [-0.1, -0.05) is 24.8 Å². The normalized spacial score (nSPS) is 10.8. The van der Waals surface area contributed by atoms with Crippen LogP contribution in [0.4, 0.5) is 5.82 Å². The fourth-order valence-corrected chi connectivity index (χ4v) is 3.17. The van der Waals surface area contributed by atoms with Gasteiger partial charge in [0.25, 0.3) is 0 Å². The fourth-order valence-electron chi connectivity index (χ4n) is 3.17. The maximum Gasteiger partial charge on any atom is 0.164 e. The molecule has 0 aliphatic rings. The molecule has 0 aliphatic carbocycles. The van der Waals surface area contributed by atoms with Crippen molar-refractivity contribution in [2.24, 2.45) is 0 Å². The number of carbonyl (C=O) groups is 1. The maximum atomic E-state index is 10.7. The lowest BCUT2D eigenvalue weighted by Gasteiger charge is -2.06. The first-order valence-corrected chi connectivity index (χ1v) is 9.79. The third kappa shape index (κ3) is 4.59. The van der Waals surface area contributed by atoms with Crippen LogP contribution in [0.3, 0.4) is 0 Å². The molecule has 0 unspecified atom stereocenters. The van der Waals surface area contributed by atoms with Gasteiger partial charge in [-0.25, -0.2) is 14.6 Å². The number of rotatable bonds is 9. The van der Waals surface area contributed by atoms with Gasteiger partial charge in [0.2, 0.25) is 0 Å². The van der Waals surface area contributed by atoms with Crippen LogP contribution < -0.4 is 15.8 Å². The van der Waals surface area contributed by atoms with Gasteiger partial charge >= 0.3 is 0 Å². The number of nitrogens with two attached hydrogens (primary N) is 1. The van der Waals surface area contributed by atoms with Gasteiger partial charge in [0.05, 0.1) is 11.9 Å². The number of hydrogen-bond donors (Lipinski definition) is 2. The quantitative estimate of drug-likeness (QED) is 0.246. The Bertz CT molecular complexity index is 1200. The second kappa shape index (κ2) is 9.19. The Morgan fingerprint density at radius 3 is 2.58 bits per heavy atom. The van der Waals surface area contributed by atoms with Crippen LogP contribution in [0.1, 0.15) is 0 Å². The predicted molar refractivity (Wildman–Crippen MR) is 120 cm³/mol. The minimum atomic E-state index is 0.373. The topological polar surface area (TPSA) is 108 Å². The van der Waals surface area contributed by atoms with E-state index in [4.69, 9.17) is 15.6 Å². The van der Waals surface area contributed by atoms with E-state index in [9.17, 15) is 4.79 Å². The first-order valence-electron chi connectivity index (χ1n) is 9.79. The van der Waals surface area contributed by atoms with Crippen LogP contribution >= 0.6 is 0 Å². The molecule has 156 valence electrons. The lowest BCUT2D eigenvalue weighted by molar-refractivity contribution is -0.104. The second-order valence-electron chi connectivity index (χ2n) is 6.92. The zero-order valence-corrected chi connectivity index (χ0v) is 16.9. The van der Waals surface area contributed by atoms with E-state index < -0.39 is 0 Å². The van der Waals surface area contributed by atoms with Gasteiger partial charge in [-0.05, 0) is 42.0 Å². The van der Waals surface area contributed by atoms with E-state index in [1.807, 2.05) is 54.6 Å². The summed E-state index contributed by atoms with van der Waals surface area (Å²) in [5.74, 6) is 1.87. The van der Waals surface area contributed by atoms with E-state index >= 15 is 0 Å². The number of anilines is 1. The second-order valence-corrected chi connectivity index (χ2v) is 6.92. The van der Waals surface area contributed by atoms with E-state index in [2.05, 4.69) is 21.9 Å². The van der Waals surface area contributed by atoms with Crippen molar-refractivity contribution in [2.75, 3.05) is 18.8 Å². The number of nitrogens with one attached hydrogen (secondary N) is 1. The Morgan fingerprint density at radius 1 is 1.10 bits per heavy atom. The van der Waals surface area contributed by atoms with Crippen molar-refractivity contribution >= 4 is 23.1 Å². The molecule has 0 amide bonds. The molecule has 2 aromatic heterocycles. The molecule has 0 saturated carbocycles. The van der Waals surface area contributed by atoms with Crippen LogP contribution in [0.5, 0.6) is 11.5 Å². The zero-order valence-electron chi connectivity index (χ0n) is 16.9. The van der Waals surface area contributed by atoms with Crippen LogP contribution in [0.25, 0.3) is 22.3 Å². The number of hydrogen-bond acceptors (Lipinski definition) is 7. The summed E-state index contributed by atoms with van der Waals surface area (Å²) < 4.78 is 7.65. The Morgan fingerprint density at radius 2 is 1.84 bits per heavy atom. The highest BCUT2D eigenvalue weighted by atomic mass is 16.5. The van der Waals surface area contributed by atoms with E-state index in [1.54, 1.807) is 4.68 Å². The molecule has 8 heteroatoms. The van der Waals surface area contributed by atoms with Crippen LogP contribution in [0.2, 0.25) is 0 Å². The molecule has 8 nitrogen and oxygen atoms in total. The van der Waals surface area contributed by atoms with Crippen LogP contribution in [-0.2, 0) is 11.3 Å². The first kappa shape index (κ1) is 20.2. The van der Waals surface area contributed by atoms with Gasteiger partial charge in [0, 0.05) is 18.7 Å². The molecule has 2 aromatic carbocycles. The lowest BCUT2D eigenvalue weighted by Crippen LogP contribution is -2.23. The summed E-state index contributed by atoms with van der Waals surface area (Å²) >= 11 is 0.